The molecular weight excluding hydrogens is 252 g/mol. The number of rotatable bonds is 6. The van der Waals surface area contributed by atoms with E-state index in [1.165, 1.54) is 5.56 Å². The van der Waals surface area contributed by atoms with Gasteiger partial charge in [0.1, 0.15) is 0 Å². The molecule has 0 heterocycles. The van der Waals surface area contributed by atoms with Crippen LogP contribution >= 0.6 is 0 Å². The van der Waals surface area contributed by atoms with Crippen LogP contribution in [0.2, 0.25) is 0 Å². The summed E-state index contributed by atoms with van der Waals surface area (Å²) in [5, 5.41) is 29.7. The second-order valence-corrected chi connectivity index (χ2v) is 6.15. The van der Waals surface area contributed by atoms with Gasteiger partial charge < -0.3 is 15.3 Å². The van der Waals surface area contributed by atoms with E-state index in [0.717, 1.165) is 19.3 Å². The molecule has 3 heteroatoms. The van der Waals surface area contributed by atoms with Gasteiger partial charge in [-0.05, 0) is 49.5 Å². The summed E-state index contributed by atoms with van der Waals surface area (Å²) in [4.78, 5) is 0. The van der Waals surface area contributed by atoms with Crippen molar-refractivity contribution in [2.45, 2.75) is 57.3 Å². The molecule has 0 aliphatic heterocycles. The van der Waals surface area contributed by atoms with Crippen LogP contribution in [0.1, 0.15) is 38.2 Å². The number of aryl methyl sites for hydroxylation is 1. The van der Waals surface area contributed by atoms with E-state index < -0.39 is 12.2 Å². The molecule has 3 N–H and O–H groups in total. The smallest absolute Gasteiger partial charge is 0.0596 e. The minimum Gasteiger partial charge on any atom is -0.393 e. The molecular formula is C17H26O3. The number of aliphatic hydroxyl groups is 3. The number of hydrogen-bond acceptors (Lipinski definition) is 3. The van der Waals surface area contributed by atoms with Crippen LogP contribution in [0.5, 0.6) is 0 Å². The van der Waals surface area contributed by atoms with Gasteiger partial charge in [-0.25, -0.2) is 0 Å². The SMILES string of the molecule is CC1[C@@H](CC[C@@H](O)CCc2ccccc2)[C@H](O)C[C@@H]1O. The van der Waals surface area contributed by atoms with Gasteiger partial charge in [-0.1, -0.05) is 37.3 Å². The lowest BCUT2D eigenvalue weighted by Gasteiger charge is -2.21. The van der Waals surface area contributed by atoms with Gasteiger partial charge in [0.15, 0.2) is 0 Å². The van der Waals surface area contributed by atoms with E-state index in [2.05, 4.69) is 12.1 Å². The predicted molar refractivity (Wildman–Crippen MR) is 79.3 cm³/mol. The first-order valence-electron chi connectivity index (χ1n) is 7.66. The molecule has 1 fully saturated rings. The molecule has 1 aromatic carbocycles. The Morgan fingerprint density at radius 1 is 1.10 bits per heavy atom. The zero-order chi connectivity index (χ0) is 14.5. The van der Waals surface area contributed by atoms with Gasteiger partial charge in [0.2, 0.25) is 0 Å². The fourth-order valence-electron chi connectivity index (χ4n) is 3.24. The molecule has 112 valence electrons. The molecule has 1 saturated carbocycles. The van der Waals surface area contributed by atoms with E-state index in [-0.39, 0.29) is 17.9 Å². The Kier molecular flexibility index (Phi) is 5.58. The Morgan fingerprint density at radius 3 is 2.40 bits per heavy atom. The molecule has 1 aliphatic carbocycles. The molecule has 0 spiro atoms. The first-order valence-corrected chi connectivity index (χ1v) is 7.66. The second-order valence-electron chi connectivity index (χ2n) is 6.15. The zero-order valence-electron chi connectivity index (χ0n) is 12.2. The summed E-state index contributed by atoms with van der Waals surface area (Å²) in [5.74, 6) is 0.252. The van der Waals surface area contributed by atoms with E-state index in [1.54, 1.807) is 0 Å². The lowest BCUT2D eigenvalue weighted by molar-refractivity contribution is 0.0898. The van der Waals surface area contributed by atoms with Crippen molar-refractivity contribution in [1.29, 1.82) is 0 Å². The van der Waals surface area contributed by atoms with Crippen molar-refractivity contribution in [3.63, 3.8) is 0 Å². The van der Waals surface area contributed by atoms with E-state index in [1.807, 2.05) is 25.1 Å². The topological polar surface area (TPSA) is 60.7 Å². The molecule has 5 atom stereocenters. The molecule has 20 heavy (non-hydrogen) atoms. The van der Waals surface area contributed by atoms with Gasteiger partial charge in [-0.15, -0.1) is 0 Å². The normalized spacial score (nSPS) is 31.4. The fraction of sp³-hybridized carbons (Fsp3) is 0.647. The van der Waals surface area contributed by atoms with Crippen LogP contribution in [0.15, 0.2) is 30.3 Å². The van der Waals surface area contributed by atoms with Gasteiger partial charge in [0.25, 0.3) is 0 Å². The average Bonchev–Trinajstić information content (AvgIpc) is 2.69. The van der Waals surface area contributed by atoms with Crippen molar-refractivity contribution in [1.82, 2.24) is 0 Å². The molecule has 0 saturated heterocycles. The van der Waals surface area contributed by atoms with Crippen LogP contribution in [-0.2, 0) is 6.42 Å². The summed E-state index contributed by atoms with van der Waals surface area (Å²) in [7, 11) is 0. The van der Waals surface area contributed by atoms with Crippen LogP contribution in [0.3, 0.4) is 0 Å². The number of benzene rings is 1. The van der Waals surface area contributed by atoms with Crippen molar-refractivity contribution in [2.24, 2.45) is 11.8 Å². The summed E-state index contributed by atoms with van der Waals surface area (Å²) < 4.78 is 0. The third-order valence-electron chi connectivity index (χ3n) is 4.70. The van der Waals surface area contributed by atoms with Gasteiger partial charge in [-0.2, -0.15) is 0 Å². The minimum atomic E-state index is -0.415. The van der Waals surface area contributed by atoms with Gasteiger partial charge in [0, 0.05) is 0 Å². The first kappa shape index (κ1) is 15.5. The Labute approximate surface area is 121 Å². The average molecular weight is 278 g/mol. The third kappa shape index (κ3) is 4.05. The van der Waals surface area contributed by atoms with Crippen LogP contribution in [0.25, 0.3) is 0 Å². The maximum atomic E-state index is 10.1. The summed E-state index contributed by atoms with van der Waals surface area (Å²) >= 11 is 0. The van der Waals surface area contributed by atoms with Gasteiger partial charge in [0.05, 0.1) is 18.3 Å². The van der Waals surface area contributed by atoms with Crippen molar-refractivity contribution in [3.8, 4) is 0 Å². The Morgan fingerprint density at radius 2 is 1.80 bits per heavy atom. The summed E-state index contributed by atoms with van der Waals surface area (Å²) in [5.41, 5.74) is 1.25. The number of aliphatic hydroxyl groups excluding tert-OH is 3. The predicted octanol–water partition coefficient (Wildman–Crippen LogP) is 2.14. The lowest BCUT2D eigenvalue weighted by Crippen LogP contribution is -2.21. The van der Waals surface area contributed by atoms with Crippen LogP contribution in [0, 0.1) is 11.8 Å². The maximum absolute atomic E-state index is 10.1. The van der Waals surface area contributed by atoms with E-state index >= 15 is 0 Å². The molecule has 3 nitrogen and oxygen atoms in total. The van der Waals surface area contributed by atoms with Crippen molar-refractivity contribution in [2.75, 3.05) is 0 Å². The fourth-order valence-corrected chi connectivity index (χ4v) is 3.24. The summed E-state index contributed by atoms with van der Waals surface area (Å²) in [6, 6.07) is 10.2. The highest BCUT2D eigenvalue weighted by Crippen LogP contribution is 2.35. The van der Waals surface area contributed by atoms with E-state index in [0.29, 0.717) is 12.8 Å². The molecule has 1 unspecified atom stereocenters. The maximum Gasteiger partial charge on any atom is 0.0596 e. The van der Waals surface area contributed by atoms with Crippen molar-refractivity contribution < 1.29 is 15.3 Å². The molecule has 0 bridgehead atoms. The molecule has 0 aromatic heterocycles. The van der Waals surface area contributed by atoms with Gasteiger partial charge >= 0.3 is 0 Å². The van der Waals surface area contributed by atoms with Crippen LogP contribution < -0.4 is 0 Å². The quantitative estimate of drug-likeness (QED) is 0.747. The highest BCUT2D eigenvalue weighted by molar-refractivity contribution is 5.14. The highest BCUT2D eigenvalue weighted by atomic mass is 16.3. The zero-order valence-corrected chi connectivity index (χ0v) is 12.2. The largest absolute Gasteiger partial charge is 0.393 e. The number of hydrogen-bond donors (Lipinski definition) is 3. The molecule has 1 aliphatic rings. The van der Waals surface area contributed by atoms with Crippen molar-refractivity contribution >= 4 is 0 Å². The Bertz CT molecular complexity index is 392. The lowest BCUT2D eigenvalue weighted by atomic mass is 9.89. The van der Waals surface area contributed by atoms with Crippen molar-refractivity contribution in [3.05, 3.63) is 35.9 Å². The second kappa shape index (κ2) is 7.21. The standard InChI is InChI=1S/C17H26O3/c1-12-15(17(20)11-16(12)19)10-9-14(18)8-7-13-5-3-2-4-6-13/h2-6,12,14-20H,7-11H2,1H3/t12?,14-,15+,16-,17+/m0/s1. The highest BCUT2D eigenvalue weighted by Gasteiger charge is 2.38. The molecule has 0 amide bonds. The molecule has 0 radical (unpaired) electrons. The molecule has 1 aromatic rings. The van der Waals surface area contributed by atoms with Gasteiger partial charge in [-0.3, -0.25) is 0 Å². The first-order chi connectivity index (χ1) is 9.58. The monoisotopic (exact) mass is 278 g/mol. The molecule has 2 rings (SSSR count). The van der Waals surface area contributed by atoms with E-state index in [4.69, 9.17) is 0 Å². The summed E-state index contributed by atoms with van der Waals surface area (Å²) in [6.07, 6.45) is 2.47. The minimum absolute atomic E-state index is 0.122. The Hall–Kier alpha value is -0.900. The summed E-state index contributed by atoms with van der Waals surface area (Å²) in [6.45, 7) is 1.99. The van der Waals surface area contributed by atoms with Crippen LogP contribution in [0.4, 0.5) is 0 Å². The van der Waals surface area contributed by atoms with Crippen LogP contribution in [-0.4, -0.2) is 33.6 Å². The van der Waals surface area contributed by atoms with E-state index in [9.17, 15) is 15.3 Å². The third-order valence-corrected chi connectivity index (χ3v) is 4.70. The Balaban J connectivity index is 1.71.